The molecule has 1 amide bonds. The van der Waals surface area contributed by atoms with E-state index in [0.29, 0.717) is 18.4 Å². The van der Waals surface area contributed by atoms with Gasteiger partial charge in [-0.3, -0.25) is 0 Å². The van der Waals surface area contributed by atoms with Crippen LogP contribution in [0.3, 0.4) is 0 Å². The Kier molecular flexibility index (Phi) is 4.45. The van der Waals surface area contributed by atoms with E-state index in [-0.39, 0.29) is 11.3 Å². The molecule has 1 unspecified atom stereocenters. The van der Waals surface area contributed by atoms with E-state index < -0.39 is 29.0 Å². The molecular formula is C16H22FNO4S. The molecule has 1 aromatic heterocycles. The Balaban J connectivity index is 2.26. The molecule has 1 heterocycles. The van der Waals surface area contributed by atoms with Crippen LogP contribution in [-0.2, 0) is 17.6 Å². The van der Waals surface area contributed by atoms with Crippen LogP contribution in [0.2, 0.25) is 0 Å². The van der Waals surface area contributed by atoms with Gasteiger partial charge in [0, 0.05) is 23.0 Å². The zero-order valence-corrected chi connectivity index (χ0v) is 14.8. The van der Waals surface area contributed by atoms with Gasteiger partial charge in [0.15, 0.2) is 5.82 Å². The summed E-state index contributed by atoms with van der Waals surface area (Å²) in [6.45, 7) is 7.24. The standard InChI is InChI=1S/C16H22FNO4S/c1-15(2,3)22-14(21)18(5)16(4)7-6-10-9(8-16)11(17)12(23-10)13(19)20/h6-8H2,1-5H3,(H,19,20). The Morgan fingerprint density at radius 1 is 1.39 bits per heavy atom. The second-order valence-electron chi connectivity index (χ2n) is 7.17. The Bertz CT molecular complexity index is 649. The van der Waals surface area contributed by atoms with E-state index in [0.717, 1.165) is 16.2 Å². The van der Waals surface area contributed by atoms with Crippen molar-refractivity contribution in [2.45, 2.75) is 58.1 Å². The molecule has 0 fully saturated rings. The number of carbonyl (C=O) groups is 2. The van der Waals surface area contributed by atoms with Crippen molar-refractivity contribution in [3.63, 3.8) is 0 Å². The van der Waals surface area contributed by atoms with Gasteiger partial charge in [0.05, 0.1) is 0 Å². The number of carboxylic acid groups (broad SMARTS) is 1. The number of thiophene rings is 1. The maximum absolute atomic E-state index is 14.3. The van der Waals surface area contributed by atoms with Crippen LogP contribution in [0.15, 0.2) is 0 Å². The molecule has 0 spiro atoms. The summed E-state index contributed by atoms with van der Waals surface area (Å²) in [4.78, 5) is 25.4. The van der Waals surface area contributed by atoms with Gasteiger partial charge >= 0.3 is 12.1 Å². The number of aryl methyl sites for hydroxylation is 1. The highest BCUT2D eigenvalue weighted by atomic mass is 32.1. The molecule has 2 rings (SSSR count). The molecule has 23 heavy (non-hydrogen) atoms. The number of rotatable bonds is 2. The summed E-state index contributed by atoms with van der Waals surface area (Å²) in [5, 5.41) is 9.06. The number of aromatic carboxylic acids is 1. The van der Waals surface area contributed by atoms with Gasteiger partial charge in [-0.05, 0) is 47.0 Å². The molecule has 0 saturated carbocycles. The second-order valence-corrected chi connectivity index (χ2v) is 8.27. The topological polar surface area (TPSA) is 66.8 Å². The Morgan fingerprint density at radius 2 is 2.00 bits per heavy atom. The monoisotopic (exact) mass is 343 g/mol. The first kappa shape index (κ1) is 17.7. The fourth-order valence-electron chi connectivity index (χ4n) is 2.69. The predicted molar refractivity (Wildman–Crippen MR) is 85.7 cm³/mol. The first-order valence-corrected chi connectivity index (χ1v) is 8.26. The van der Waals surface area contributed by atoms with E-state index in [9.17, 15) is 14.0 Å². The Hall–Kier alpha value is -1.63. The fourth-order valence-corrected chi connectivity index (χ4v) is 3.73. The molecule has 0 bridgehead atoms. The molecule has 1 N–H and O–H groups in total. The van der Waals surface area contributed by atoms with Crippen LogP contribution >= 0.6 is 11.3 Å². The van der Waals surface area contributed by atoms with Gasteiger partial charge in [-0.2, -0.15) is 0 Å². The van der Waals surface area contributed by atoms with Crippen molar-refractivity contribution >= 4 is 23.4 Å². The zero-order valence-electron chi connectivity index (χ0n) is 14.0. The highest BCUT2D eigenvalue weighted by Crippen LogP contribution is 2.39. The average molecular weight is 343 g/mol. The van der Waals surface area contributed by atoms with Gasteiger partial charge in [0.2, 0.25) is 0 Å². The fraction of sp³-hybridized carbons (Fsp3) is 0.625. The summed E-state index contributed by atoms with van der Waals surface area (Å²) in [7, 11) is 1.64. The number of hydrogen-bond acceptors (Lipinski definition) is 4. The second kappa shape index (κ2) is 5.78. The van der Waals surface area contributed by atoms with Gasteiger partial charge in [0.1, 0.15) is 10.5 Å². The number of halogens is 1. The summed E-state index contributed by atoms with van der Waals surface area (Å²) in [5.41, 5.74) is -0.796. The van der Waals surface area contributed by atoms with E-state index >= 15 is 0 Å². The lowest BCUT2D eigenvalue weighted by molar-refractivity contribution is 0.00539. The number of fused-ring (bicyclic) bond motifs is 1. The van der Waals surface area contributed by atoms with Gasteiger partial charge in [-0.15, -0.1) is 11.3 Å². The minimum atomic E-state index is -1.25. The minimum absolute atomic E-state index is 0.251. The molecule has 1 aliphatic rings. The lowest BCUT2D eigenvalue weighted by Gasteiger charge is -2.42. The third kappa shape index (κ3) is 3.49. The maximum atomic E-state index is 14.3. The summed E-state index contributed by atoms with van der Waals surface area (Å²) >= 11 is 0.992. The predicted octanol–water partition coefficient (Wildman–Crippen LogP) is 3.70. The number of hydrogen-bond donors (Lipinski definition) is 1. The molecule has 1 aromatic rings. The zero-order chi connectivity index (χ0) is 17.6. The molecule has 128 valence electrons. The van der Waals surface area contributed by atoms with Gasteiger partial charge in [0.25, 0.3) is 0 Å². The van der Waals surface area contributed by atoms with Crippen molar-refractivity contribution in [1.82, 2.24) is 4.90 Å². The Morgan fingerprint density at radius 3 is 2.52 bits per heavy atom. The average Bonchev–Trinajstić information content (AvgIpc) is 2.73. The highest BCUT2D eigenvalue weighted by Gasteiger charge is 2.41. The number of carboxylic acids is 1. The summed E-state index contributed by atoms with van der Waals surface area (Å²) in [6.07, 6.45) is 1.01. The van der Waals surface area contributed by atoms with Gasteiger partial charge in [-0.25, -0.2) is 14.0 Å². The van der Waals surface area contributed by atoms with Gasteiger partial charge < -0.3 is 14.7 Å². The molecule has 1 aliphatic carbocycles. The lowest BCUT2D eigenvalue weighted by atomic mass is 9.81. The van der Waals surface area contributed by atoms with Crippen molar-refractivity contribution in [3.05, 3.63) is 21.1 Å². The van der Waals surface area contributed by atoms with Crippen LogP contribution in [0.5, 0.6) is 0 Å². The van der Waals surface area contributed by atoms with E-state index in [2.05, 4.69) is 0 Å². The molecule has 0 radical (unpaired) electrons. The first-order chi connectivity index (χ1) is 10.4. The van der Waals surface area contributed by atoms with Crippen molar-refractivity contribution in [3.8, 4) is 0 Å². The number of amides is 1. The van der Waals surface area contributed by atoms with Crippen LogP contribution in [0, 0.1) is 5.82 Å². The molecule has 7 heteroatoms. The Labute approximate surface area is 139 Å². The van der Waals surface area contributed by atoms with Crippen LogP contribution in [0.4, 0.5) is 9.18 Å². The number of likely N-dealkylation sites (N-methyl/N-ethyl adjacent to an activating group) is 1. The highest BCUT2D eigenvalue weighted by molar-refractivity contribution is 7.14. The summed E-state index contributed by atoms with van der Waals surface area (Å²) in [6, 6.07) is 0. The lowest BCUT2D eigenvalue weighted by Crippen LogP contribution is -2.52. The number of nitrogens with zero attached hydrogens (tertiary/aromatic N) is 1. The maximum Gasteiger partial charge on any atom is 0.410 e. The normalized spacial score (nSPS) is 20.8. The smallest absolute Gasteiger partial charge is 0.410 e. The molecule has 1 atom stereocenters. The van der Waals surface area contributed by atoms with E-state index in [1.165, 1.54) is 4.90 Å². The first-order valence-electron chi connectivity index (χ1n) is 7.45. The van der Waals surface area contributed by atoms with E-state index in [4.69, 9.17) is 9.84 Å². The third-order valence-electron chi connectivity index (χ3n) is 4.15. The molecule has 0 aliphatic heterocycles. The molecule has 0 aromatic carbocycles. The minimum Gasteiger partial charge on any atom is -0.477 e. The molecule has 5 nitrogen and oxygen atoms in total. The van der Waals surface area contributed by atoms with Crippen molar-refractivity contribution in [2.75, 3.05) is 7.05 Å². The third-order valence-corrected chi connectivity index (χ3v) is 5.40. The quantitative estimate of drug-likeness (QED) is 0.889. The number of carbonyl (C=O) groups excluding carboxylic acids is 1. The van der Waals surface area contributed by atoms with E-state index in [1.807, 2.05) is 6.92 Å². The van der Waals surface area contributed by atoms with E-state index in [1.54, 1.807) is 27.8 Å². The largest absolute Gasteiger partial charge is 0.477 e. The van der Waals surface area contributed by atoms with Crippen LogP contribution < -0.4 is 0 Å². The molecule has 0 saturated heterocycles. The van der Waals surface area contributed by atoms with Crippen LogP contribution in [-0.4, -0.2) is 40.3 Å². The number of ether oxygens (including phenoxy) is 1. The van der Waals surface area contributed by atoms with Crippen molar-refractivity contribution in [2.24, 2.45) is 0 Å². The summed E-state index contributed by atoms with van der Waals surface area (Å²) < 4.78 is 19.7. The van der Waals surface area contributed by atoms with Crippen molar-refractivity contribution in [1.29, 1.82) is 0 Å². The van der Waals surface area contributed by atoms with Gasteiger partial charge in [-0.1, -0.05) is 0 Å². The van der Waals surface area contributed by atoms with Crippen LogP contribution in [0.1, 0.15) is 54.2 Å². The molecular weight excluding hydrogens is 321 g/mol. The van der Waals surface area contributed by atoms with Crippen molar-refractivity contribution < 1.29 is 23.8 Å². The SMILES string of the molecule is CN(C(=O)OC(C)(C)C)C1(C)CCc2sc(C(=O)O)c(F)c2C1. The summed E-state index contributed by atoms with van der Waals surface area (Å²) in [5.74, 6) is -1.91. The van der Waals surface area contributed by atoms with Crippen LogP contribution in [0.25, 0.3) is 0 Å².